The van der Waals surface area contributed by atoms with Gasteiger partial charge < -0.3 is 10.6 Å². The maximum Gasteiger partial charge on any atom is 0.270 e. The van der Waals surface area contributed by atoms with Crippen LogP contribution in [-0.2, 0) is 4.79 Å². The van der Waals surface area contributed by atoms with Crippen LogP contribution < -0.4 is 10.6 Å². The monoisotopic (exact) mass is 315 g/mol. The maximum absolute atomic E-state index is 11.5. The van der Waals surface area contributed by atoms with Gasteiger partial charge in [0.05, 0.1) is 17.2 Å². The lowest BCUT2D eigenvalue weighted by atomic mass is 10.3. The van der Waals surface area contributed by atoms with Crippen molar-refractivity contribution in [2.75, 3.05) is 18.4 Å². The van der Waals surface area contributed by atoms with Crippen molar-refractivity contribution in [3.05, 3.63) is 32.8 Å². The first-order valence-corrected chi connectivity index (χ1v) is 6.28. The molecule has 1 amide bonds. The summed E-state index contributed by atoms with van der Waals surface area (Å²) in [6, 6.07) is 4.20. The zero-order valence-corrected chi connectivity index (χ0v) is 11.5. The van der Waals surface area contributed by atoms with E-state index in [2.05, 4.69) is 26.6 Å². The van der Waals surface area contributed by atoms with Gasteiger partial charge in [0, 0.05) is 16.6 Å². The summed E-state index contributed by atoms with van der Waals surface area (Å²) in [5, 5.41) is 16.2. The van der Waals surface area contributed by atoms with Crippen LogP contribution in [0.2, 0.25) is 0 Å². The lowest BCUT2D eigenvalue weighted by Gasteiger charge is -2.07. The number of rotatable bonds is 6. The van der Waals surface area contributed by atoms with E-state index in [1.54, 1.807) is 0 Å². The van der Waals surface area contributed by atoms with Gasteiger partial charge in [0.1, 0.15) is 0 Å². The van der Waals surface area contributed by atoms with Gasteiger partial charge in [-0.15, -0.1) is 0 Å². The van der Waals surface area contributed by atoms with Crippen molar-refractivity contribution in [1.82, 2.24) is 5.32 Å². The summed E-state index contributed by atoms with van der Waals surface area (Å²) in [4.78, 5) is 21.6. The summed E-state index contributed by atoms with van der Waals surface area (Å²) in [6.07, 6.45) is 0.953. The molecule has 0 unspecified atom stereocenters. The van der Waals surface area contributed by atoms with E-state index in [9.17, 15) is 14.9 Å². The van der Waals surface area contributed by atoms with Crippen molar-refractivity contribution in [3.8, 4) is 0 Å². The molecule has 6 nitrogen and oxygen atoms in total. The lowest BCUT2D eigenvalue weighted by molar-refractivity contribution is -0.384. The van der Waals surface area contributed by atoms with Crippen LogP contribution in [0.1, 0.15) is 13.3 Å². The van der Waals surface area contributed by atoms with Gasteiger partial charge >= 0.3 is 0 Å². The molecule has 0 aliphatic heterocycles. The van der Waals surface area contributed by atoms with E-state index in [4.69, 9.17) is 0 Å². The van der Waals surface area contributed by atoms with Crippen LogP contribution in [0.25, 0.3) is 0 Å². The van der Waals surface area contributed by atoms with Gasteiger partial charge in [-0.1, -0.05) is 6.92 Å². The van der Waals surface area contributed by atoms with Crippen LogP contribution in [0.4, 0.5) is 11.4 Å². The normalized spacial score (nSPS) is 10.1. The second-order valence-corrected chi connectivity index (χ2v) is 4.50. The van der Waals surface area contributed by atoms with Crippen LogP contribution in [0.5, 0.6) is 0 Å². The minimum Gasteiger partial charge on any atom is -0.324 e. The summed E-state index contributed by atoms with van der Waals surface area (Å²) < 4.78 is 0.487. The van der Waals surface area contributed by atoms with Gasteiger partial charge in [-0.25, -0.2) is 0 Å². The Kier molecular flexibility index (Phi) is 5.73. The molecule has 0 aromatic heterocycles. The summed E-state index contributed by atoms with van der Waals surface area (Å²) >= 11 is 3.19. The molecule has 0 fully saturated rings. The number of benzene rings is 1. The second-order valence-electron chi connectivity index (χ2n) is 3.65. The Hall–Kier alpha value is -1.47. The van der Waals surface area contributed by atoms with Crippen molar-refractivity contribution in [1.29, 1.82) is 0 Å². The van der Waals surface area contributed by atoms with Gasteiger partial charge in [-0.05, 0) is 35.0 Å². The Morgan fingerprint density at radius 3 is 2.78 bits per heavy atom. The van der Waals surface area contributed by atoms with E-state index in [0.29, 0.717) is 10.2 Å². The Balaban J connectivity index is 2.62. The molecule has 0 atom stereocenters. The van der Waals surface area contributed by atoms with Gasteiger partial charge in [0.25, 0.3) is 5.69 Å². The molecule has 0 heterocycles. The number of anilines is 1. The second kappa shape index (κ2) is 7.07. The largest absolute Gasteiger partial charge is 0.324 e. The van der Waals surface area contributed by atoms with Gasteiger partial charge in [-0.3, -0.25) is 14.9 Å². The van der Waals surface area contributed by atoms with E-state index in [0.717, 1.165) is 13.0 Å². The number of halogens is 1. The third-order valence-corrected chi connectivity index (χ3v) is 2.81. The Bertz CT molecular complexity index is 451. The fourth-order valence-corrected chi connectivity index (χ4v) is 1.76. The van der Waals surface area contributed by atoms with E-state index in [-0.39, 0.29) is 18.1 Å². The van der Waals surface area contributed by atoms with Crippen LogP contribution in [0.3, 0.4) is 0 Å². The fraction of sp³-hybridized carbons (Fsp3) is 0.364. The number of amides is 1. The molecule has 18 heavy (non-hydrogen) atoms. The number of hydrogen-bond donors (Lipinski definition) is 2. The summed E-state index contributed by atoms with van der Waals surface area (Å²) in [5.41, 5.74) is 0.493. The summed E-state index contributed by atoms with van der Waals surface area (Å²) in [7, 11) is 0. The molecule has 2 N–H and O–H groups in total. The molecular weight excluding hydrogens is 302 g/mol. The molecule has 0 aliphatic carbocycles. The van der Waals surface area contributed by atoms with Crippen molar-refractivity contribution >= 4 is 33.2 Å². The predicted molar refractivity (Wildman–Crippen MR) is 72.6 cm³/mol. The van der Waals surface area contributed by atoms with Crippen LogP contribution in [0, 0.1) is 10.1 Å². The van der Waals surface area contributed by atoms with Gasteiger partial charge in [0.2, 0.25) is 5.91 Å². The third kappa shape index (κ3) is 4.42. The molecular formula is C11H14BrN3O3. The van der Waals surface area contributed by atoms with Crippen LogP contribution in [-0.4, -0.2) is 23.9 Å². The molecule has 1 aromatic rings. The Morgan fingerprint density at radius 1 is 1.50 bits per heavy atom. The Labute approximate surface area is 113 Å². The van der Waals surface area contributed by atoms with Crippen molar-refractivity contribution in [2.24, 2.45) is 0 Å². The highest BCUT2D eigenvalue weighted by molar-refractivity contribution is 9.10. The number of carbonyl (C=O) groups excluding carboxylic acids is 1. The van der Waals surface area contributed by atoms with Crippen molar-refractivity contribution in [2.45, 2.75) is 13.3 Å². The fourth-order valence-electron chi connectivity index (χ4n) is 1.29. The number of non-ortho nitro benzene ring substituents is 1. The predicted octanol–water partition coefficient (Wildman–Crippen LogP) is 2.30. The number of carbonyl (C=O) groups is 1. The van der Waals surface area contributed by atoms with Crippen LogP contribution >= 0.6 is 15.9 Å². The highest BCUT2D eigenvalue weighted by Crippen LogP contribution is 2.26. The molecule has 98 valence electrons. The minimum atomic E-state index is -0.487. The molecule has 1 aromatic carbocycles. The molecule has 1 rings (SSSR count). The standard InChI is InChI=1S/C11H14BrN3O3/c1-2-5-13-7-11(16)14-10-4-3-8(15(17)18)6-9(10)12/h3-4,6,13H,2,5,7H2,1H3,(H,14,16). The summed E-state index contributed by atoms with van der Waals surface area (Å²) in [5.74, 6) is -0.182. The zero-order valence-electron chi connectivity index (χ0n) is 9.90. The van der Waals surface area contributed by atoms with E-state index in [1.165, 1.54) is 18.2 Å². The molecule has 0 aliphatic rings. The SMILES string of the molecule is CCCNCC(=O)Nc1ccc([N+](=O)[O-])cc1Br. The Morgan fingerprint density at radius 2 is 2.22 bits per heavy atom. The van der Waals surface area contributed by atoms with E-state index in [1.807, 2.05) is 6.92 Å². The minimum absolute atomic E-state index is 0.0241. The molecule has 0 bridgehead atoms. The molecule has 7 heteroatoms. The molecule has 0 saturated carbocycles. The third-order valence-electron chi connectivity index (χ3n) is 2.15. The van der Waals surface area contributed by atoms with Crippen molar-refractivity contribution in [3.63, 3.8) is 0 Å². The quantitative estimate of drug-likeness (QED) is 0.479. The number of nitro groups is 1. The number of nitrogens with one attached hydrogen (secondary N) is 2. The highest BCUT2D eigenvalue weighted by Gasteiger charge is 2.10. The topological polar surface area (TPSA) is 84.3 Å². The first-order chi connectivity index (χ1) is 8.54. The van der Waals surface area contributed by atoms with Crippen LogP contribution in [0.15, 0.2) is 22.7 Å². The average Bonchev–Trinajstić information content (AvgIpc) is 2.32. The highest BCUT2D eigenvalue weighted by atomic mass is 79.9. The van der Waals surface area contributed by atoms with Gasteiger partial charge in [0.15, 0.2) is 0 Å². The molecule has 0 saturated heterocycles. The van der Waals surface area contributed by atoms with E-state index < -0.39 is 4.92 Å². The van der Waals surface area contributed by atoms with Crippen molar-refractivity contribution < 1.29 is 9.72 Å². The first kappa shape index (κ1) is 14.6. The first-order valence-electron chi connectivity index (χ1n) is 5.49. The average molecular weight is 316 g/mol. The smallest absolute Gasteiger partial charge is 0.270 e. The molecule has 0 radical (unpaired) electrons. The molecule has 0 spiro atoms. The lowest BCUT2D eigenvalue weighted by Crippen LogP contribution is -2.28. The number of nitro benzene ring substituents is 1. The van der Waals surface area contributed by atoms with E-state index >= 15 is 0 Å². The maximum atomic E-state index is 11.5. The summed E-state index contributed by atoms with van der Waals surface area (Å²) in [6.45, 7) is 3.00. The van der Waals surface area contributed by atoms with Gasteiger partial charge in [-0.2, -0.15) is 0 Å². The zero-order chi connectivity index (χ0) is 13.5. The number of nitrogens with zero attached hydrogens (tertiary/aromatic N) is 1. The number of hydrogen-bond acceptors (Lipinski definition) is 4.